The Labute approximate surface area is 84.5 Å². The molecule has 0 saturated carbocycles. The Morgan fingerprint density at radius 3 is 2.64 bits per heavy atom. The van der Waals surface area contributed by atoms with E-state index in [1.54, 1.807) is 0 Å². The van der Waals surface area contributed by atoms with Gasteiger partial charge in [-0.25, -0.2) is 8.78 Å². The van der Waals surface area contributed by atoms with Crippen LogP contribution in [0.5, 0.6) is 0 Å². The molecule has 3 nitrogen and oxygen atoms in total. The summed E-state index contributed by atoms with van der Waals surface area (Å²) in [6.07, 6.45) is -1.58. The molecule has 0 unspecified atom stereocenters. The monoisotopic (exact) mass is 222 g/mol. The van der Waals surface area contributed by atoms with Gasteiger partial charge < -0.3 is 10.8 Å². The minimum Gasteiger partial charge on any atom is -0.392 e. The maximum atomic E-state index is 12.5. The summed E-state index contributed by atoms with van der Waals surface area (Å²) < 4.78 is 25.1. The van der Waals surface area contributed by atoms with E-state index in [1.807, 2.05) is 0 Å². The molecule has 0 fully saturated rings. The summed E-state index contributed by atoms with van der Waals surface area (Å²) in [6.45, 7) is -0.526. The third kappa shape index (κ3) is 2.00. The van der Waals surface area contributed by atoms with Crippen LogP contribution in [0, 0.1) is 0 Å². The van der Waals surface area contributed by atoms with Crippen LogP contribution < -0.4 is 5.73 Å². The average molecular weight is 223 g/mol. The summed E-state index contributed by atoms with van der Waals surface area (Å²) in [6, 6.07) is 0. The largest absolute Gasteiger partial charge is 0.392 e. The molecule has 0 saturated heterocycles. The standard InChI is InChI=1S/C8H9ClF2N2O/c9-7-5(1-12)13-2-4(3-14)6(7)8(10)11/h2,8,14H,1,3,12H2. The fourth-order valence-electron chi connectivity index (χ4n) is 1.08. The van der Waals surface area contributed by atoms with E-state index in [-0.39, 0.29) is 28.4 Å². The Kier molecular flexibility index (Phi) is 3.74. The third-order valence-electron chi connectivity index (χ3n) is 1.79. The summed E-state index contributed by atoms with van der Waals surface area (Å²) in [4.78, 5) is 3.76. The van der Waals surface area contributed by atoms with Gasteiger partial charge in [0.05, 0.1) is 17.3 Å². The highest BCUT2D eigenvalue weighted by molar-refractivity contribution is 6.32. The molecule has 1 aromatic rings. The van der Waals surface area contributed by atoms with E-state index in [4.69, 9.17) is 22.4 Å². The zero-order chi connectivity index (χ0) is 10.7. The molecule has 0 bridgehead atoms. The molecular weight excluding hydrogens is 214 g/mol. The van der Waals surface area contributed by atoms with Gasteiger partial charge in [0.15, 0.2) is 0 Å². The van der Waals surface area contributed by atoms with Crippen LogP contribution in [-0.4, -0.2) is 10.1 Å². The molecule has 0 aromatic carbocycles. The number of hydrogen-bond donors (Lipinski definition) is 2. The third-order valence-corrected chi connectivity index (χ3v) is 2.22. The van der Waals surface area contributed by atoms with E-state index in [0.29, 0.717) is 0 Å². The van der Waals surface area contributed by atoms with Gasteiger partial charge >= 0.3 is 0 Å². The molecular formula is C8H9ClF2N2O. The molecule has 1 rings (SSSR count). The average Bonchev–Trinajstić information content (AvgIpc) is 2.16. The molecule has 0 aliphatic carbocycles. The highest BCUT2D eigenvalue weighted by Gasteiger charge is 2.19. The van der Waals surface area contributed by atoms with E-state index in [9.17, 15) is 8.78 Å². The number of halogens is 3. The first-order valence-corrected chi connectivity index (χ1v) is 4.24. The first-order chi connectivity index (χ1) is 6.61. The lowest BCUT2D eigenvalue weighted by atomic mass is 10.1. The van der Waals surface area contributed by atoms with Crippen LogP contribution in [-0.2, 0) is 13.2 Å². The van der Waals surface area contributed by atoms with Crippen LogP contribution in [0.1, 0.15) is 23.2 Å². The van der Waals surface area contributed by atoms with Crippen molar-refractivity contribution in [2.45, 2.75) is 19.6 Å². The lowest BCUT2D eigenvalue weighted by Gasteiger charge is -2.10. The number of alkyl halides is 2. The van der Waals surface area contributed by atoms with Gasteiger partial charge in [-0.15, -0.1) is 0 Å². The number of aliphatic hydroxyl groups excluding tert-OH is 1. The molecule has 1 heterocycles. The highest BCUT2D eigenvalue weighted by Crippen LogP contribution is 2.31. The quantitative estimate of drug-likeness (QED) is 0.817. The first kappa shape index (κ1) is 11.3. The van der Waals surface area contributed by atoms with Crippen molar-refractivity contribution < 1.29 is 13.9 Å². The van der Waals surface area contributed by atoms with Crippen molar-refractivity contribution in [1.82, 2.24) is 4.98 Å². The van der Waals surface area contributed by atoms with Crippen molar-refractivity contribution >= 4 is 11.6 Å². The van der Waals surface area contributed by atoms with Crippen LogP contribution in [0.4, 0.5) is 8.78 Å². The number of pyridine rings is 1. The van der Waals surface area contributed by atoms with Crippen molar-refractivity contribution in [3.05, 3.63) is 28.0 Å². The van der Waals surface area contributed by atoms with Crippen molar-refractivity contribution in [2.75, 3.05) is 0 Å². The van der Waals surface area contributed by atoms with Gasteiger partial charge in [-0.1, -0.05) is 11.6 Å². The number of rotatable bonds is 3. The van der Waals surface area contributed by atoms with Crippen LogP contribution >= 0.6 is 11.6 Å². The van der Waals surface area contributed by atoms with E-state index in [1.165, 1.54) is 0 Å². The maximum Gasteiger partial charge on any atom is 0.265 e. The van der Waals surface area contributed by atoms with Crippen molar-refractivity contribution in [3.63, 3.8) is 0 Å². The molecule has 0 radical (unpaired) electrons. The minimum atomic E-state index is -2.74. The number of nitrogens with two attached hydrogens (primary N) is 1. The number of aromatic nitrogens is 1. The summed E-state index contributed by atoms with van der Waals surface area (Å²) in [5.41, 5.74) is 5.11. The van der Waals surface area contributed by atoms with Gasteiger partial charge in [0.2, 0.25) is 0 Å². The zero-order valence-electron chi connectivity index (χ0n) is 7.17. The van der Waals surface area contributed by atoms with Gasteiger partial charge in [0.25, 0.3) is 6.43 Å². The molecule has 0 spiro atoms. The Morgan fingerprint density at radius 1 is 1.57 bits per heavy atom. The zero-order valence-corrected chi connectivity index (χ0v) is 7.93. The van der Waals surface area contributed by atoms with Gasteiger partial charge in [-0.3, -0.25) is 4.98 Å². The molecule has 6 heteroatoms. The van der Waals surface area contributed by atoms with Gasteiger partial charge in [0, 0.05) is 23.9 Å². The normalized spacial score (nSPS) is 11.0. The Balaban J connectivity index is 3.31. The number of aliphatic hydroxyl groups is 1. The minimum absolute atomic E-state index is 0.00966. The lowest BCUT2D eigenvalue weighted by Crippen LogP contribution is -2.06. The summed E-state index contributed by atoms with van der Waals surface area (Å²) >= 11 is 5.65. The molecule has 3 N–H and O–H groups in total. The topological polar surface area (TPSA) is 59.1 Å². The first-order valence-electron chi connectivity index (χ1n) is 3.87. The fraction of sp³-hybridized carbons (Fsp3) is 0.375. The predicted octanol–water partition coefficient (Wildman–Crippen LogP) is 1.62. The molecule has 0 atom stereocenters. The van der Waals surface area contributed by atoms with Crippen LogP contribution in [0.3, 0.4) is 0 Å². The van der Waals surface area contributed by atoms with E-state index >= 15 is 0 Å². The summed E-state index contributed by atoms with van der Waals surface area (Å²) in [7, 11) is 0. The Morgan fingerprint density at radius 2 is 2.21 bits per heavy atom. The molecule has 1 aromatic heterocycles. The second-order valence-electron chi connectivity index (χ2n) is 2.62. The van der Waals surface area contributed by atoms with E-state index in [2.05, 4.69) is 4.98 Å². The highest BCUT2D eigenvalue weighted by atomic mass is 35.5. The molecule has 0 amide bonds. The van der Waals surface area contributed by atoms with Gasteiger partial charge in [-0.05, 0) is 0 Å². The van der Waals surface area contributed by atoms with Crippen LogP contribution in [0.2, 0.25) is 5.02 Å². The molecule has 78 valence electrons. The Bertz CT molecular complexity index is 333. The van der Waals surface area contributed by atoms with E-state index < -0.39 is 13.0 Å². The van der Waals surface area contributed by atoms with Gasteiger partial charge in [-0.2, -0.15) is 0 Å². The smallest absolute Gasteiger partial charge is 0.265 e. The second kappa shape index (κ2) is 4.63. The number of nitrogens with zero attached hydrogens (tertiary/aromatic N) is 1. The number of hydrogen-bond acceptors (Lipinski definition) is 3. The van der Waals surface area contributed by atoms with Crippen molar-refractivity contribution in [2.24, 2.45) is 5.73 Å². The Hall–Kier alpha value is -0.780. The summed E-state index contributed by atoms with van der Waals surface area (Å²) in [5.74, 6) is 0. The second-order valence-corrected chi connectivity index (χ2v) is 3.00. The predicted molar refractivity (Wildman–Crippen MR) is 48.0 cm³/mol. The lowest BCUT2D eigenvalue weighted by molar-refractivity contribution is 0.147. The van der Waals surface area contributed by atoms with Gasteiger partial charge in [0.1, 0.15) is 0 Å². The summed E-state index contributed by atoms with van der Waals surface area (Å²) in [5, 5.41) is 8.63. The van der Waals surface area contributed by atoms with Crippen molar-refractivity contribution in [1.29, 1.82) is 0 Å². The van der Waals surface area contributed by atoms with E-state index in [0.717, 1.165) is 6.20 Å². The maximum absolute atomic E-state index is 12.5. The van der Waals surface area contributed by atoms with Crippen molar-refractivity contribution in [3.8, 4) is 0 Å². The van der Waals surface area contributed by atoms with Crippen LogP contribution in [0.15, 0.2) is 6.20 Å². The SMILES string of the molecule is NCc1ncc(CO)c(C(F)F)c1Cl. The molecule has 0 aliphatic heterocycles. The molecule has 0 aliphatic rings. The molecule has 14 heavy (non-hydrogen) atoms. The fourth-order valence-corrected chi connectivity index (χ4v) is 1.41. The van der Waals surface area contributed by atoms with Crippen LogP contribution in [0.25, 0.3) is 0 Å².